The van der Waals surface area contributed by atoms with Gasteiger partial charge in [0.05, 0.1) is 5.75 Å². The van der Waals surface area contributed by atoms with Crippen LogP contribution in [0.25, 0.3) is 0 Å². The van der Waals surface area contributed by atoms with Crippen LogP contribution in [0.3, 0.4) is 0 Å². The molecule has 1 aromatic rings. The Morgan fingerprint density at radius 1 is 1.19 bits per heavy atom. The number of rotatable bonds is 7. The van der Waals surface area contributed by atoms with Crippen molar-refractivity contribution in [3.8, 4) is 0 Å². The molecule has 0 aliphatic carbocycles. The van der Waals surface area contributed by atoms with Gasteiger partial charge in [0, 0.05) is 52.4 Å². The van der Waals surface area contributed by atoms with E-state index in [1.54, 1.807) is 10.4 Å². The molecule has 180 valence electrons. The Kier molecular flexibility index (Phi) is 6.96. The van der Waals surface area contributed by atoms with Crippen LogP contribution in [0.15, 0.2) is 18.2 Å². The molecule has 3 atom stereocenters. The maximum atomic E-state index is 13.7. The standard InChI is InChI=1S/C21H33FN4O4S2/c1-24(2)32(29,30)23-9-4-12-31(27,28)26-10-3-5-17-15-25-11-8-16-13-18(22)6-7-19(16)21(25)14-20(17)26/h6-7,13,17,20-21,23H,3-5,8-12,14-15H2,1-2H3/t17-,20+,21-/m0/s1. The minimum absolute atomic E-state index is 0.0653. The summed E-state index contributed by atoms with van der Waals surface area (Å²) in [6.45, 7) is 2.33. The van der Waals surface area contributed by atoms with Crippen LogP contribution >= 0.6 is 0 Å². The topological polar surface area (TPSA) is 90.0 Å². The number of fused-ring (bicyclic) bond motifs is 4. The van der Waals surface area contributed by atoms with E-state index in [0.717, 1.165) is 54.2 Å². The number of nitrogens with one attached hydrogen (secondary N) is 1. The molecule has 0 amide bonds. The van der Waals surface area contributed by atoms with Gasteiger partial charge in [-0.25, -0.2) is 17.5 Å². The second-order valence-corrected chi connectivity index (χ2v) is 13.3. The van der Waals surface area contributed by atoms with Crippen molar-refractivity contribution in [1.82, 2.24) is 18.2 Å². The minimum atomic E-state index is -3.56. The molecule has 1 N–H and O–H groups in total. The Hall–Kier alpha value is -1.11. The first kappa shape index (κ1) is 24.0. The number of hydrogen-bond acceptors (Lipinski definition) is 5. The summed E-state index contributed by atoms with van der Waals surface area (Å²) in [6, 6.07) is 5.02. The summed E-state index contributed by atoms with van der Waals surface area (Å²) in [5, 5.41) is 0. The molecule has 3 heterocycles. The van der Waals surface area contributed by atoms with E-state index in [9.17, 15) is 21.2 Å². The van der Waals surface area contributed by atoms with E-state index in [1.165, 1.54) is 20.2 Å². The fourth-order valence-electron chi connectivity index (χ4n) is 5.43. The third kappa shape index (κ3) is 4.88. The number of halogens is 1. The maximum Gasteiger partial charge on any atom is 0.278 e. The molecule has 3 aliphatic heterocycles. The lowest BCUT2D eigenvalue weighted by molar-refractivity contribution is 0.0219. The molecule has 0 radical (unpaired) electrons. The molecule has 3 aliphatic rings. The molecule has 8 nitrogen and oxygen atoms in total. The van der Waals surface area contributed by atoms with Gasteiger partial charge in [-0.3, -0.25) is 4.90 Å². The summed E-state index contributed by atoms with van der Waals surface area (Å²) in [5.74, 6) is -0.0100. The van der Waals surface area contributed by atoms with Gasteiger partial charge in [-0.05, 0) is 61.3 Å². The third-order valence-corrected chi connectivity index (χ3v) is 10.6. The summed E-state index contributed by atoms with van der Waals surface area (Å²) < 4.78 is 69.0. The van der Waals surface area contributed by atoms with Crippen molar-refractivity contribution >= 4 is 20.2 Å². The van der Waals surface area contributed by atoms with Crippen LogP contribution in [-0.2, 0) is 26.7 Å². The van der Waals surface area contributed by atoms with E-state index in [2.05, 4.69) is 9.62 Å². The van der Waals surface area contributed by atoms with Crippen molar-refractivity contribution in [2.75, 3.05) is 46.0 Å². The van der Waals surface area contributed by atoms with Crippen LogP contribution in [0.1, 0.15) is 42.9 Å². The van der Waals surface area contributed by atoms with Crippen LogP contribution in [0.5, 0.6) is 0 Å². The first-order valence-electron chi connectivity index (χ1n) is 11.3. The molecule has 2 fully saturated rings. The maximum absolute atomic E-state index is 13.7. The van der Waals surface area contributed by atoms with Crippen molar-refractivity contribution < 1.29 is 21.2 Å². The van der Waals surface area contributed by atoms with Gasteiger partial charge in [-0.2, -0.15) is 17.0 Å². The fraction of sp³-hybridized carbons (Fsp3) is 0.714. The normalized spacial score (nSPS) is 27.1. The van der Waals surface area contributed by atoms with E-state index >= 15 is 0 Å². The van der Waals surface area contributed by atoms with Crippen molar-refractivity contribution in [3.63, 3.8) is 0 Å². The van der Waals surface area contributed by atoms with Gasteiger partial charge in [0.1, 0.15) is 5.82 Å². The second kappa shape index (κ2) is 9.27. The van der Waals surface area contributed by atoms with E-state index in [-0.39, 0.29) is 36.6 Å². The molecule has 32 heavy (non-hydrogen) atoms. The van der Waals surface area contributed by atoms with Gasteiger partial charge in [-0.1, -0.05) is 6.07 Å². The molecule has 0 bridgehead atoms. The molecule has 11 heteroatoms. The average Bonchev–Trinajstić information content (AvgIpc) is 2.74. The van der Waals surface area contributed by atoms with Crippen LogP contribution in [0.2, 0.25) is 0 Å². The Balaban J connectivity index is 1.45. The van der Waals surface area contributed by atoms with E-state index in [0.29, 0.717) is 12.5 Å². The highest BCUT2D eigenvalue weighted by molar-refractivity contribution is 7.89. The van der Waals surface area contributed by atoms with Gasteiger partial charge in [0.25, 0.3) is 10.2 Å². The highest BCUT2D eigenvalue weighted by atomic mass is 32.2. The van der Waals surface area contributed by atoms with E-state index in [4.69, 9.17) is 0 Å². The minimum Gasteiger partial charge on any atom is -0.296 e. The van der Waals surface area contributed by atoms with Gasteiger partial charge in [0.15, 0.2) is 0 Å². The number of benzene rings is 1. The Bertz CT molecular complexity index is 1050. The predicted octanol–water partition coefficient (Wildman–Crippen LogP) is 1.33. The van der Waals surface area contributed by atoms with Crippen molar-refractivity contribution in [2.24, 2.45) is 5.92 Å². The van der Waals surface area contributed by atoms with Crippen LogP contribution < -0.4 is 4.72 Å². The zero-order valence-corrected chi connectivity index (χ0v) is 20.3. The van der Waals surface area contributed by atoms with Crippen LogP contribution in [0.4, 0.5) is 4.39 Å². The van der Waals surface area contributed by atoms with Gasteiger partial charge in [0.2, 0.25) is 10.0 Å². The summed E-state index contributed by atoms with van der Waals surface area (Å²) in [7, 11) is -4.21. The predicted molar refractivity (Wildman–Crippen MR) is 121 cm³/mol. The van der Waals surface area contributed by atoms with Crippen LogP contribution in [-0.4, -0.2) is 82.4 Å². The zero-order chi connectivity index (χ0) is 23.1. The Labute approximate surface area is 191 Å². The summed E-state index contributed by atoms with van der Waals surface area (Å²) in [5.41, 5.74) is 2.15. The average molecular weight is 489 g/mol. The number of nitrogens with zero attached hydrogens (tertiary/aromatic N) is 3. The van der Waals surface area contributed by atoms with Crippen LogP contribution in [0, 0.1) is 11.7 Å². The van der Waals surface area contributed by atoms with Gasteiger partial charge < -0.3 is 0 Å². The first-order valence-corrected chi connectivity index (χ1v) is 14.3. The fourth-order valence-corrected chi connectivity index (χ4v) is 7.91. The number of sulfonamides is 1. The summed E-state index contributed by atoms with van der Waals surface area (Å²) in [4.78, 5) is 2.44. The molecule has 0 saturated carbocycles. The molecule has 2 saturated heterocycles. The zero-order valence-electron chi connectivity index (χ0n) is 18.7. The quantitative estimate of drug-likeness (QED) is 0.585. The molecule has 1 aromatic carbocycles. The molecule has 0 unspecified atom stereocenters. The molecular formula is C21H33FN4O4S2. The molecule has 4 rings (SSSR count). The summed E-state index contributed by atoms with van der Waals surface area (Å²) in [6.07, 6.45) is 3.62. The smallest absolute Gasteiger partial charge is 0.278 e. The lowest BCUT2D eigenvalue weighted by atomic mass is 9.77. The van der Waals surface area contributed by atoms with Crippen molar-refractivity contribution in [1.29, 1.82) is 0 Å². The highest BCUT2D eigenvalue weighted by Crippen LogP contribution is 2.43. The third-order valence-electron chi connectivity index (χ3n) is 7.08. The first-order chi connectivity index (χ1) is 15.1. The SMILES string of the molecule is CN(C)S(=O)(=O)NCCCS(=O)(=O)N1CCC[C@H]2CN3CCc4cc(F)ccc4[C@@H]3C[C@H]21. The lowest BCUT2D eigenvalue weighted by Crippen LogP contribution is -2.57. The van der Waals surface area contributed by atoms with E-state index in [1.807, 2.05) is 6.07 Å². The van der Waals surface area contributed by atoms with Crippen molar-refractivity contribution in [2.45, 2.75) is 44.2 Å². The van der Waals surface area contributed by atoms with Gasteiger partial charge >= 0.3 is 0 Å². The second-order valence-electron chi connectivity index (χ2n) is 9.27. The monoisotopic (exact) mass is 488 g/mol. The Morgan fingerprint density at radius 3 is 2.72 bits per heavy atom. The molecule has 0 aromatic heterocycles. The highest BCUT2D eigenvalue weighted by Gasteiger charge is 2.45. The van der Waals surface area contributed by atoms with Gasteiger partial charge in [-0.15, -0.1) is 0 Å². The van der Waals surface area contributed by atoms with Crippen molar-refractivity contribution in [3.05, 3.63) is 35.1 Å². The van der Waals surface area contributed by atoms with E-state index < -0.39 is 20.2 Å². The molecular weight excluding hydrogens is 455 g/mol. The Morgan fingerprint density at radius 2 is 1.97 bits per heavy atom. The number of hydrogen-bond donors (Lipinski definition) is 1. The summed E-state index contributed by atoms with van der Waals surface area (Å²) >= 11 is 0. The lowest BCUT2D eigenvalue weighted by Gasteiger charge is -2.51. The number of piperidine rings is 2. The molecule has 0 spiro atoms. The largest absolute Gasteiger partial charge is 0.296 e.